The highest BCUT2D eigenvalue weighted by Crippen LogP contribution is 2.23. The molecule has 26 heavy (non-hydrogen) atoms. The zero-order chi connectivity index (χ0) is 18.1. The Morgan fingerprint density at radius 2 is 1.81 bits per heavy atom. The van der Waals surface area contributed by atoms with Gasteiger partial charge in [-0.1, -0.05) is 18.2 Å². The third-order valence-corrected chi connectivity index (χ3v) is 5.62. The quantitative estimate of drug-likeness (QED) is 0.853. The van der Waals surface area contributed by atoms with E-state index < -0.39 is 5.54 Å². The molecular formula is C19H25N5O2. The van der Waals surface area contributed by atoms with Crippen molar-refractivity contribution in [3.63, 3.8) is 0 Å². The molecule has 1 unspecified atom stereocenters. The second-order valence-electron chi connectivity index (χ2n) is 7.42. The standard InChI is InChI=1S/C19H25N5O2/c1-19(8-4-5-9-20-19)18(26)24-12-10-23(11-13-24)17(25)16-14-6-2-3-7-15(14)21-22-16/h2-3,6-7,20H,4-5,8-13H2,1H3,(H,21,22). The van der Waals surface area contributed by atoms with Crippen LogP contribution in [0.15, 0.2) is 24.3 Å². The van der Waals surface area contributed by atoms with E-state index >= 15 is 0 Å². The molecule has 2 saturated heterocycles. The first-order chi connectivity index (χ1) is 12.6. The van der Waals surface area contributed by atoms with Gasteiger partial charge < -0.3 is 15.1 Å². The lowest BCUT2D eigenvalue weighted by molar-refractivity contribution is -0.140. The minimum atomic E-state index is -0.456. The van der Waals surface area contributed by atoms with Crippen LogP contribution in [0.2, 0.25) is 0 Å². The van der Waals surface area contributed by atoms with Gasteiger partial charge >= 0.3 is 0 Å². The van der Waals surface area contributed by atoms with E-state index in [1.54, 1.807) is 4.90 Å². The van der Waals surface area contributed by atoms with Crippen LogP contribution in [0.5, 0.6) is 0 Å². The molecule has 0 spiro atoms. The predicted octanol–water partition coefficient (Wildman–Crippen LogP) is 1.38. The highest BCUT2D eigenvalue weighted by atomic mass is 16.2. The number of piperidine rings is 1. The first-order valence-electron chi connectivity index (χ1n) is 9.35. The number of carbonyl (C=O) groups excluding carboxylic acids is 2. The summed E-state index contributed by atoms with van der Waals surface area (Å²) in [7, 11) is 0. The Bertz CT molecular complexity index is 816. The number of amides is 2. The summed E-state index contributed by atoms with van der Waals surface area (Å²) in [6.07, 6.45) is 3.09. The van der Waals surface area contributed by atoms with Crippen molar-refractivity contribution in [1.82, 2.24) is 25.3 Å². The molecule has 0 bridgehead atoms. The van der Waals surface area contributed by atoms with Crippen molar-refractivity contribution in [3.05, 3.63) is 30.0 Å². The van der Waals surface area contributed by atoms with Crippen molar-refractivity contribution in [2.24, 2.45) is 0 Å². The van der Waals surface area contributed by atoms with Crippen molar-refractivity contribution in [2.45, 2.75) is 31.7 Å². The lowest BCUT2D eigenvalue weighted by Gasteiger charge is -2.41. The van der Waals surface area contributed by atoms with Gasteiger partial charge in [-0.25, -0.2) is 0 Å². The molecule has 0 radical (unpaired) electrons. The zero-order valence-corrected chi connectivity index (χ0v) is 15.1. The number of hydrogen-bond donors (Lipinski definition) is 2. The molecule has 7 heteroatoms. The number of hydrogen-bond acceptors (Lipinski definition) is 4. The average molecular weight is 355 g/mol. The zero-order valence-electron chi connectivity index (χ0n) is 15.1. The maximum Gasteiger partial charge on any atom is 0.275 e. The number of para-hydroxylation sites is 1. The van der Waals surface area contributed by atoms with Gasteiger partial charge in [-0.2, -0.15) is 5.10 Å². The second kappa shape index (κ2) is 6.72. The lowest BCUT2D eigenvalue weighted by atomic mass is 9.89. The first kappa shape index (κ1) is 17.0. The van der Waals surface area contributed by atoms with Crippen LogP contribution in [-0.2, 0) is 4.79 Å². The molecule has 0 aliphatic carbocycles. The summed E-state index contributed by atoms with van der Waals surface area (Å²) in [5, 5.41) is 11.3. The molecule has 1 aromatic heterocycles. The van der Waals surface area contributed by atoms with Crippen LogP contribution in [-0.4, -0.2) is 70.1 Å². The van der Waals surface area contributed by atoms with E-state index in [-0.39, 0.29) is 11.8 Å². The Kier molecular flexibility index (Phi) is 4.40. The number of fused-ring (bicyclic) bond motifs is 1. The molecule has 3 heterocycles. The number of nitrogens with one attached hydrogen (secondary N) is 2. The van der Waals surface area contributed by atoms with Crippen LogP contribution in [0.25, 0.3) is 10.9 Å². The maximum absolute atomic E-state index is 12.9. The van der Waals surface area contributed by atoms with Crippen LogP contribution < -0.4 is 5.32 Å². The average Bonchev–Trinajstić information content (AvgIpc) is 3.12. The highest BCUT2D eigenvalue weighted by Gasteiger charge is 2.39. The number of carbonyl (C=O) groups is 2. The summed E-state index contributed by atoms with van der Waals surface area (Å²) in [6, 6.07) is 7.64. The SMILES string of the molecule is CC1(C(=O)N2CCN(C(=O)c3n[nH]c4ccccc34)CC2)CCCCN1. The number of nitrogens with zero attached hydrogens (tertiary/aromatic N) is 3. The van der Waals surface area contributed by atoms with E-state index in [2.05, 4.69) is 15.5 Å². The minimum Gasteiger partial charge on any atom is -0.338 e. The molecule has 1 aromatic carbocycles. The molecule has 2 N–H and O–H groups in total. The van der Waals surface area contributed by atoms with E-state index in [0.717, 1.165) is 36.7 Å². The fourth-order valence-corrected chi connectivity index (χ4v) is 3.98. The molecule has 7 nitrogen and oxygen atoms in total. The summed E-state index contributed by atoms with van der Waals surface area (Å²) in [6.45, 7) is 5.13. The molecule has 1 atom stereocenters. The number of H-pyrrole nitrogens is 1. The Morgan fingerprint density at radius 3 is 2.54 bits per heavy atom. The molecule has 0 saturated carbocycles. The summed E-state index contributed by atoms with van der Waals surface area (Å²) in [4.78, 5) is 29.4. The van der Waals surface area contributed by atoms with Gasteiger partial charge in [0.1, 0.15) is 0 Å². The van der Waals surface area contributed by atoms with Crippen LogP contribution in [0, 0.1) is 0 Å². The largest absolute Gasteiger partial charge is 0.338 e. The van der Waals surface area contributed by atoms with Gasteiger partial charge in [-0.05, 0) is 38.8 Å². The van der Waals surface area contributed by atoms with Crippen molar-refractivity contribution in [2.75, 3.05) is 32.7 Å². The monoisotopic (exact) mass is 355 g/mol. The van der Waals surface area contributed by atoms with Crippen molar-refractivity contribution < 1.29 is 9.59 Å². The second-order valence-corrected chi connectivity index (χ2v) is 7.42. The molecule has 2 aliphatic rings. The summed E-state index contributed by atoms with van der Waals surface area (Å²) in [5.74, 6) is 0.0890. The van der Waals surface area contributed by atoms with E-state index in [9.17, 15) is 9.59 Å². The minimum absolute atomic E-state index is 0.0726. The van der Waals surface area contributed by atoms with Crippen LogP contribution in [0.1, 0.15) is 36.7 Å². The Hall–Kier alpha value is -2.41. The van der Waals surface area contributed by atoms with Gasteiger partial charge in [-0.3, -0.25) is 14.7 Å². The summed E-state index contributed by atoms with van der Waals surface area (Å²) in [5.41, 5.74) is 0.866. The fourth-order valence-electron chi connectivity index (χ4n) is 3.98. The van der Waals surface area contributed by atoms with Crippen LogP contribution in [0.4, 0.5) is 0 Å². The van der Waals surface area contributed by atoms with E-state index in [0.29, 0.717) is 31.9 Å². The third-order valence-electron chi connectivity index (χ3n) is 5.62. The molecule has 2 aromatic rings. The smallest absolute Gasteiger partial charge is 0.275 e. The van der Waals surface area contributed by atoms with Crippen molar-refractivity contribution in [3.8, 4) is 0 Å². The Labute approximate surface area is 152 Å². The predicted molar refractivity (Wildman–Crippen MR) is 98.8 cm³/mol. The van der Waals surface area contributed by atoms with Gasteiger partial charge in [0.2, 0.25) is 5.91 Å². The van der Waals surface area contributed by atoms with Gasteiger partial charge in [0, 0.05) is 31.6 Å². The highest BCUT2D eigenvalue weighted by molar-refractivity contribution is 6.04. The van der Waals surface area contributed by atoms with Gasteiger partial charge in [-0.15, -0.1) is 0 Å². The lowest BCUT2D eigenvalue weighted by Crippen LogP contribution is -2.61. The van der Waals surface area contributed by atoms with Gasteiger partial charge in [0.05, 0.1) is 11.1 Å². The maximum atomic E-state index is 12.9. The topological polar surface area (TPSA) is 81.3 Å². The van der Waals surface area contributed by atoms with Crippen LogP contribution in [0.3, 0.4) is 0 Å². The number of piperazine rings is 1. The molecule has 4 rings (SSSR count). The van der Waals surface area contributed by atoms with E-state index in [4.69, 9.17) is 0 Å². The number of aromatic nitrogens is 2. The molecule has 138 valence electrons. The summed E-state index contributed by atoms with van der Waals surface area (Å²) >= 11 is 0. The molecule has 2 fully saturated rings. The first-order valence-corrected chi connectivity index (χ1v) is 9.35. The normalized spacial score (nSPS) is 24.0. The molecule has 2 aliphatic heterocycles. The third kappa shape index (κ3) is 2.96. The van der Waals surface area contributed by atoms with Crippen molar-refractivity contribution >= 4 is 22.7 Å². The fraction of sp³-hybridized carbons (Fsp3) is 0.526. The van der Waals surface area contributed by atoms with E-state index in [1.807, 2.05) is 36.1 Å². The van der Waals surface area contributed by atoms with Gasteiger partial charge in [0.15, 0.2) is 5.69 Å². The van der Waals surface area contributed by atoms with Crippen LogP contribution >= 0.6 is 0 Å². The number of rotatable bonds is 2. The number of aromatic amines is 1. The molecular weight excluding hydrogens is 330 g/mol. The van der Waals surface area contributed by atoms with Gasteiger partial charge in [0.25, 0.3) is 5.91 Å². The van der Waals surface area contributed by atoms with Crippen molar-refractivity contribution in [1.29, 1.82) is 0 Å². The number of benzene rings is 1. The van der Waals surface area contributed by atoms with E-state index in [1.165, 1.54) is 0 Å². The molecule has 2 amide bonds. The Morgan fingerprint density at radius 1 is 1.08 bits per heavy atom. The Balaban J connectivity index is 1.42. The summed E-state index contributed by atoms with van der Waals surface area (Å²) < 4.78 is 0.